The summed E-state index contributed by atoms with van der Waals surface area (Å²) in [5.41, 5.74) is 9.32. The summed E-state index contributed by atoms with van der Waals surface area (Å²) >= 11 is 0. The van der Waals surface area contributed by atoms with E-state index in [4.69, 9.17) is 14.2 Å². The Labute approximate surface area is 406 Å². The summed E-state index contributed by atoms with van der Waals surface area (Å²) < 4.78 is 17.7. The Morgan fingerprint density at radius 3 is 1.64 bits per heavy atom. The predicted molar refractivity (Wildman–Crippen MR) is 277 cm³/mol. The Kier molecular flexibility index (Phi) is 24.8. The number of aliphatic hydroxyl groups excluding tert-OH is 4. The van der Waals surface area contributed by atoms with E-state index in [9.17, 15) is 25.2 Å². The molecule has 0 aromatic carbocycles. The SMILES string of the molecule is CC1=C(/C=C/C(C)=C/C=C/C(C)=C/C=C/C=C(C)/C=C/C=C(C)/C=C/C2=C(C)C[C@@H](OC3O[C@H](COC(=O)CCCCCCCCCC(C)C)[C@@H](O)[C@H](O)[C@H]3O)CC2(C)C)C(C)(C)C[C@H](O)C1. The summed E-state index contributed by atoms with van der Waals surface area (Å²) in [5, 5.41) is 42.4. The molecule has 1 aliphatic heterocycles. The van der Waals surface area contributed by atoms with Crippen LogP contribution in [-0.2, 0) is 19.0 Å². The van der Waals surface area contributed by atoms with Crippen LogP contribution in [0.3, 0.4) is 0 Å². The number of hydrogen-bond donors (Lipinski definition) is 4. The largest absolute Gasteiger partial charge is 0.463 e. The average Bonchev–Trinajstić information content (AvgIpc) is 3.23. The minimum Gasteiger partial charge on any atom is -0.463 e. The van der Waals surface area contributed by atoms with Gasteiger partial charge in [-0.15, -0.1) is 0 Å². The monoisotopic (exact) mass is 927 g/mol. The molecule has 374 valence electrons. The van der Waals surface area contributed by atoms with E-state index in [0.29, 0.717) is 19.3 Å². The third-order valence-electron chi connectivity index (χ3n) is 13.3. The lowest BCUT2D eigenvalue weighted by Crippen LogP contribution is -2.60. The van der Waals surface area contributed by atoms with Crippen molar-refractivity contribution in [1.82, 2.24) is 0 Å². The molecule has 0 radical (unpaired) electrons. The number of esters is 1. The van der Waals surface area contributed by atoms with Gasteiger partial charge in [0.2, 0.25) is 0 Å². The number of aliphatic hydroxyl groups is 4. The number of unbranched alkanes of at least 4 members (excludes halogenated alkanes) is 6. The Bertz CT molecular complexity index is 1920. The third kappa shape index (κ3) is 20.9. The van der Waals surface area contributed by atoms with Crippen LogP contribution in [0, 0.1) is 16.7 Å². The van der Waals surface area contributed by atoms with Crippen molar-refractivity contribution in [2.24, 2.45) is 16.7 Å². The number of allylic oxidation sites excluding steroid dienone is 20. The van der Waals surface area contributed by atoms with Crippen molar-refractivity contribution in [3.63, 3.8) is 0 Å². The standard InChI is InChI=1S/C59H90O8/c1-41(2)24-18-16-14-13-15-17-19-31-53(61)65-40-52-54(62)55(63)56(64)57(67-52)66-49-37-47(8)51(59(11,12)39-49)35-33-45(6)30-23-28-43(4)26-21-20-25-42(3)27-22-29-44(5)32-34-50-46(7)36-48(60)38-58(50,9)10/h20-23,25-30,32-35,41,48-49,52,54-57,60,62-64H,13-19,24,31,36-40H2,1-12H3/b21-20+,27-22+,28-23+,34-32+,35-33+,42-25+,43-26+,44-29+,45-30+/t48-,49-,52-,54-,55+,56-,57?/m1/s1. The average molecular weight is 927 g/mol. The topological polar surface area (TPSA) is 126 Å². The van der Waals surface area contributed by atoms with Crippen molar-refractivity contribution in [1.29, 1.82) is 0 Å². The summed E-state index contributed by atoms with van der Waals surface area (Å²) in [6.45, 7) is 25.7. The van der Waals surface area contributed by atoms with Gasteiger partial charge in [0, 0.05) is 6.42 Å². The molecule has 1 saturated heterocycles. The van der Waals surface area contributed by atoms with Crippen LogP contribution in [0.5, 0.6) is 0 Å². The van der Waals surface area contributed by atoms with E-state index in [1.807, 2.05) is 0 Å². The predicted octanol–water partition coefficient (Wildman–Crippen LogP) is 13.1. The fourth-order valence-corrected chi connectivity index (χ4v) is 9.50. The van der Waals surface area contributed by atoms with Gasteiger partial charge in [0.1, 0.15) is 31.0 Å². The highest BCUT2D eigenvalue weighted by molar-refractivity contribution is 5.69. The van der Waals surface area contributed by atoms with E-state index >= 15 is 0 Å². The first-order valence-corrected chi connectivity index (χ1v) is 25.3. The fourth-order valence-electron chi connectivity index (χ4n) is 9.50. The third-order valence-corrected chi connectivity index (χ3v) is 13.3. The zero-order valence-electron chi connectivity index (χ0n) is 43.5. The molecule has 1 heterocycles. The summed E-state index contributed by atoms with van der Waals surface area (Å²) in [7, 11) is 0. The first-order chi connectivity index (χ1) is 31.6. The molecule has 8 heteroatoms. The van der Waals surface area contributed by atoms with E-state index in [2.05, 4.69) is 168 Å². The molecule has 1 fully saturated rings. The molecule has 8 nitrogen and oxygen atoms in total. The molecule has 3 rings (SSSR count). The molecule has 2 aliphatic carbocycles. The van der Waals surface area contributed by atoms with Gasteiger partial charge in [-0.1, -0.05) is 205 Å². The van der Waals surface area contributed by atoms with E-state index < -0.39 is 30.7 Å². The van der Waals surface area contributed by atoms with Crippen LogP contribution in [0.1, 0.15) is 167 Å². The Morgan fingerprint density at radius 2 is 1.12 bits per heavy atom. The van der Waals surface area contributed by atoms with Crippen LogP contribution in [-0.4, -0.2) is 75.9 Å². The Hall–Kier alpha value is -3.63. The molecular formula is C59H90O8. The molecule has 0 saturated carbocycles. The lowest BCUT2D eigenvalue weighted by atomic mass is 9.71. The molecule has 0 amide bonds. The maximum Gasteiger partial charge on any atom is 0.305 e. The number of carbonyl (C=O) groups excluding carboxylic acids is 1. The minimum atomic E-state index is -1.50. The van der Waals surface area contributed by atoms with Crippen LogP contribution in [0.25, 0.3) is 0 Å². The Morgan fingerprint density at radius 1 is 0.642 bits per heavy atom. The second-order valence-corrected chi connectivity index (χ2v) is 21.4. The van der Waals surface area contributed by atoms with Gasteiger partial charge in [-0.2, -0.15) is 0 Å². The maximum absolute atomic E-state index is 12.5. The van der Waals surface area contributed by atoms with Crippen molar-refractivity contribution in [2.75, 3.05) is 6.61 Å². The molecule has 7 atom stereocenters. The highest BCUT2D eigenvalue weighted by Crippen LogP contribution is 2.43. The quantitative estimate of drug-likeness (QED) is 0.0428. The van der Waals surface area contributed by atoms with Crippen LogP contribution < -0.4 is 0 Å². The smallest absolute Gasteiger partial charge is 0.305 e. The van der Waals surface area contributed by atoms with Gasteiger partial charge >= 0.3 is 5.97 Å². The van der Waals surface area contributed by atoms with Gasteiger partial charge in [0.05, 0.1) is 12.2 Å². The molecule has 0 spiro atoms. The van der Waals surface area contributed by atoms with E-state index in [0.717, 1.165) is 54.7 Å². The molecule has 0 aromatic rings. The first kappa shape index (κ1) is 57.7. The molecule has 3 aliphatic rings. The van der Waals surface area contributed by atoms with E-state index in [1.54, 1.807) is 0 Å². The summed E-state index contributed by atoms with van der Waals surface area (Å²) in [5.74, 6) is 0.398. The summed E-state index contributed by atoms with van der Waals surface area (Å²) in [6, 6.07) is 0. The fraction of sp³-hybridized carbons (Fsp3) is 0.610. The molecule has 67 heavy (non-hydrogen) atoms. The lowest BCUT2D eigenvalue weighted by molar-refractivity contribution is -0.313. The minimum absolute atomic E-state index is 0.0227. The second-order valence-electron chi connectivity index (χ2n) is 21.4. The van der Waals surface area contributed by atoms with Crippen molar-refractivity contribution in [3.8, 4) is 0 Å². The van der Waals surface area contributed by atoms with Crippen LogP contribution in [0.2, 0.25) is 0 Å². The van der Waals surface area contributed by atoms with Crippen LogP contribution >= 0.6 is 0 Å². The normalized spacial score (nSPS) is 27.1. The number of ether oxygens (including phenoxy) is 3. The summed E-state index contributed by atoms with van der Waals surface area (Å²) in [6.07, 6.45) is 34.6. The first-order valence-electron chi connectivity index (χ1n) is 25.3. The highest BCUT2D eigenvalue weighted by Gasteiger charge is 2.46. The van der Waals surface area contributed by atoms with Crippen molar-refractivity contribution >= 4 is 5.97 Å². The van der Waals surface area contributed by atoms with Crippen molar-refractivity contribution < 1.29 is 39.4 Å². The number of rotatable bonds is 24. The van der Waals surface area contributed by atoms with Gasteiger partial charge < -0.3 is 34.6 Å². The van der Waals surface area contributed by atoms with Gasteiger partial charge in [0.25, 0.3) is 0 Å². The molecule has 4 N–H and O–H groups in total. The van der Waals surface area contributed by atoms with Crippen LogP contribution in [0.15, 0.2) is 130 Å². The van der Waals surface area contributed by atoms with Gasteiger partial charge in [-0.05, 0) is 102 Å². The van der Waals surface area contributed by atoms with Crippen molar-refractivity contribution in [3.05, 3.63) is 130 Å². The molecule has 0 bridgehead atoms. The summed E-state index contributed by atoms with van der Waals surface area (Å²) in [4.78, 5) is 12.5. The maximum atomic E-state index is 12.5. The molecule has 1 unspecified atom stereocenters. The number of carbonyl (C=O) groups is 1. The lowest BCUT2D eigenvalue weighted by Gasteiger charge is -2.43. The zero-order chi connectivity index (χ0) is 49.7. The highest BCUT2D eigenvalue weighted by atomic mass is 16.7. The van der Waals surface area contributed by atoms with Gasteiger partial charge in [0.15, 0.2) is 6.29 Å². The molecular weight excluding hydrogens is 837 g/mol. The van der Waals surface area contributed by atoms with Gasteiger partial charge in [-0.25, -0.2) is 0 Å². The Balaban J connectivity index is 1.47. The van der Waals surface area contributed by atoms with E-state index in [-0.39, 0.29) is 35.6 Å². The zero-order valence-corrected chi connectivity index (χ0v) is 43.5. The number of hydrogen-bond acceptors (Lipinski definition) is 8. The van der Waals surface area contributed by atoms with Crippen molar-refractivity contribution in [2.45, 2.75) is 209 Å². The van der Waals surface area contributed by atoms with Gasteiger partial charge in [-0.3, -0.25) is 4.79 Å². The second kappa shape index (κ2) is 28.8. The van der Waals surface area contributed by atoms with E-state index in [1.165, 1.54) is 60.0 Å². The van der Waals surface area contributed by atoms with Crippen LogP contribution in [0.4, 0.5) is 0 Å². The molecule has 0 aromatic heterocycles.